The molecule has 2 amide bonds. The number of fused-ring (bicyclic) bond motifs is 2. The van der Waals surface area contributed by atoms with Crippen molar-refractivity contribution in [3.63, 3.8) is 0 Å². The summed E-state index contributed by atoms with van der Waals surface area (Å²) in [6.45, 7) is 0.491. The molecule has 1 aliphatic heterocycles. The van der Waals surface area contributed by atoms with Gasteiger partial charge in [-0.2, -0.15) is 0 Å². The van der Waals surface area contributed by atoms with Gasteiger partial charge in [-0.05, 0) is 53.3 Å². The van der Waals surface area contributed by atoms with Crippen LogP contribution in [0.25, 0.3) is 10.8 Å². The SMILES string of the molecule is CS(=O)(=O)N1CCCc2ccc(NC(=O)C(=O)NCC[C@H](O)c3cccc4ccccc34)cc21. The van der Waals surface area contributed by atoms with Crippen LogP contribution in [0, 0.1) is 0 Å². The van der Waals surface area contributed by atoms with Crippen molar-refractivity contribution in [1.82, 2.24) is 5.32 Å². The Balaban J connectivity index is 1.35. The molecule has 34 heavy (non-hydrogen) atoms. The first-order valence-electron chi connectivity index (χ1n) is 11.1. The number of anilines is 2. The van der Waals surface area contributed by atoms with Crippen LogP contribution in [-0.4, -0.2) is 44.7 Å². The van der Waals surface area contributed by atoms with Crippen molar-refractivity contribution in [3.05, 3.63) is 71.8 Å². The predicted molar refractivity (Wildman–Crippen MR) is 132 cm³/mol. The summed E-state index contributed by atoms with van der Waals surface area (Å²) in [5.41, 5.74) is 2.50. The molecule has 9 heteroatoms. The summed E-state index contributed by atoms with van der Waals surface area (Å²) in [7, 11) is -3.44. The van der Waals surface area contributed by atoms with Gasteiger partial charge in [-0.25, -0.2) is 8.42 Å². The Morgan fingerprint density at radius 1 is 1.06 bits per heavy atom. The third-order valence-electron chi connectivity index (χ3n) is 5.91. The van der Waals surface area contributed by atoms with Crippen LogP contribution in [0.1, 0.15) is 30.1 Å². The van der Waals surface area contributed by atoms with E-state index >= 15 is 0 Å². The molecule has 0 saturated heterocycles. The lowest BCUT2D eigenvalue weighted by Gasteiger charge is -2.29. The molecule has 0 fully saturated rings. The molecule has 0 aliphatic carbocycles. The van der Waals surface area contributed by atoms with E-state index in [0.717, 1.165) is 41.0 Å². The zero-order valence-corrected chi connectivity index (χ0v) is 19.6. The van der Waals surface area contributed by atoms with Crippen LogP contribution in [0.15, 0.2) is 60.7 Å². The first-order valence-corrected chi connectivity index (χ1v) is 12.9. The molecular formula is C25H27N3O5S. The maximum atomic E-state index is 12.4. The zero-order chi connectivity index (χ0) is 24.3. The van der Waals surface area contributed by atoms with Crippen molar-refractivity contribution < 1.29 is 23.1 Å². The van der Waals surface area contributed by atoms with Gasteiger partial charge in [0.05, 0.1) is 18.0 Å². The number of aryl methyl sites for hydroxylation is 1. The molecule has 3 aromatic carbocycles. The highest BCUT2D eigenvalue weighted by atomic mass is 32.2. The summed E-state index contributed by atoms with van der Waals surface area (Å²) in [4.78, 5) is 24.6. The van der Waals surface area contributed by atoms with Crippen LogP contribution in [0.3, 0.4) is 0 Å². The number of aliphatic hydroxyl groups is 1. The minimum atomic E-state index is -3.44. The third kappa shape index (κ3) is 5.21. The molecule has 3 aromatic rings. The van der Waals surface area contributed by atoms with Gasteiger partial charge in [0.15, 0.2) is 0 Å². The van der Waals surface area contributed by atoms with Crippen LogP contribution in [0.5, 0.6) is 0 Å². The second-order valence-electron chi connectivity index (χ2n) is 8.37. The van der Waals surface area contributed by atoms with E-state index in [1.807, 2.05) is 42.5 Å². The largest absolute Gasteiger partial charge is 0.388 e. The summed E-state index contributed by atoms with van der Waals surface area (Å²) in [6.07, 6.45) is 2.06. The summed E-state index contributed by atoms with van der Waals surface area (Å²) in [6, 6.07) is 18.4. The highest BCUT2D eigenvalue weighted by molar-refractivity contribution is 7.92. The molecule has 8 nitrogen and oxygen atoms in total. The van der Waals surface area contributed by atoms with Gasteiger partial charge < -0.3 is 15.7 Å². The zero-order valence-electron chi connectivity index (χ0n) is 18.8. The lowest BCUT2D eigenvalue weighted by Crippen LogP contribution is -2.37. The van der Waals surface area contributed by atoms with Crippen molar-refractivity contribution in [2.24, 2.45) is 0 Å². The molecular weight excluding hydrogens is 454 g/mol. The fourth-order valence-corrected chi connectivity index (χ4v) is 5.24. The highest BCUT2D eigenvalue weighted by Gasteiger charge is 2.25. The van der Waals surface area contributed by atoms with E-state index in [-0.39, 0.29) is 13.0 Å². The monoisotopic (exact) mass is 481 g/mol. The maximum Gasteiger partial charge on any atom is 0.313 e. The fourth-order valence-electron chi connectivity index (χ4n) is 4.25. The number of hydrogen-bond donors (Lipinski definition) is 3. The summed E-state index contributed by atoms with van der Waals surface area (Å²) < 4.78 is 25.5. The van der Waals surface area contributed by atoms with Crippen molar-refractivity contribution in [3.8, 4) is 0 Å². The standard InChI is InChI=1S/C25H27N3O5S/c1-34(32,33)28-15-5-8-18-11-12-19(16-22(18)28)27-25(31)24(30)26-14-13-23(29)21-10-4-7-17-6-2-3-9-20(17)21/h2-4,6-7,9-12,16,23,29H,5,8,13-15H2,1H3,(H,26,30)(H,27,31)/t23-/m0/s1. The molecule has 0 spiro atoms. The number of carbonyl (C=O) groups excluding carboxylic acids is 2. The van der Waals surface area contributed by atoms with Gasteiger partial charge in [-0.1, -0.05) is 48.5 Å². The van der Waals surface area contributed by atoms with E-state index in [9.17, 15) is 23.1 Å². The molecule has 0 saturated carbocycles. The molecule has 1 atom stereocenters. The Hall–Kier alpha value is -3.43. The van der Waals surface area contributed by atoms with Gasteiger partial charge in [0.1, 0.15) is 0 Å². The molecule has 0 aromatic heterocycles. The van der Waals surface area contributed by atoms with Gasteiger partial charge in [0.2, 0.25) is 10.0 Å². The predicted octanol–water partition coefficient (Wildman–Crippen LogP) is 2.73. The lowest BCUT2D eigenvalue weighted by atomic mass is 9.99. The number of amides is 2. The molecule has 3 N–H and O–H groups in total. The van der Waals surface area contributed by atoms with E-state index in [1.54, 1.807) is 18.2 Å². The van der Waals surface area contributed by atoms with Crippen molar-refractivity contribution in [1.29, 1.82) is 0 Å². The van der Waals surface area contributed by atoms with Crippen LogP contribution in [0.4, 0.5) is 11.4 Å². The summed E-state index contributed by atoms with van der Waals surface area (Å²) in [5.74, 6) is -1.69. The minimum Gasteiger partial charge on any atom is -0.388 e. The first-order chi connectivity index (χ1) is 16.2. The molecule has 0 bridgehead atoms. The van der Waals surface area contributed by atoms with E-state index in [0.29, 0.717) is 17.9 Å². The molecule has 1 heterocycles. The van der Waals surface area contributed by atoms with Crippen molar-refractivity contribution in [2.75, 3.05) is 29.0 Å². The number of nitrogens with zero attached hydrogens (tertiary/aromatic N) is 1. The molecule has 178 valence electrons. The number of hydrogen-bond acceptors (Lipinski definition) is 5. The molecule has 0 radical (unpaired) electrons. The number of carbonyl (C=O) groups is 2. The van der Waals surface area contributed by atoms with E-state index < -0.39 is 27.9 Å². The van der Waals surface area contributed by atoms with E-state index in [2.05, 4.69) is 10.6 Å². The van der Waals surface area contributed by atoms with Crippen molar-refractivity contribution in [2.45, 2.75) is 25.4 Å². The molecule has 1 aliphatic rings. The Morgan fingerprint density at radius 2 is 1.82 bits per heavy atom. The fraction of sp³-hybridized carbons (Fsp3) is 0.280. The van der Waals surface area contributed by atoms with Gasteiger partial charge in [0.25, 0.3) is 0 Å². The summed E-state index contributed by atoms with van der Waals surface area (Å²) >= 11 is 0. The van der Waals surface area contributed by atoms with Crippen LogP contribution in [-0.2, 0) is 26.0 Å². The number of nitrogens with one attached hydrogen (secondary N) is 2. The highest BCUT2D eigenvalue weighted by Crippen LogP contribution is 2.31. The second-order valence-corrected chi connectivity index (χ2v) is 10.3. The normalized spacial score (nSPS) is 14.4. The minimum absolute atomic E-state index is 0.114. The van der Waals surface area contributed by atoms with Gasteiger partial charge in [-0.3, -0.25) is 13.9 Å². The quantitative estimate of drug-likeness (QED) is 0.468. The van der Waals surface area contributed by atoms with Crippen molar-refractivity contribution >= 4 is 44.0 Å². The van der Waals surface area contributed by atoms with Gasteiger partial charge in [0, 0.05) is 18.8 Å². The average molecular weight is 482 g/mol. The number of aliphatic hydroxyl groups excluding tert-OH is 1. The molecule has 0 unspecified atom stereocenters. The van der Waals surface area contributed by atoms with E-state index in [1.165, 1.54) is 4.31 Å². The Morgan fingerprint density at radius 3 is 2.62 bits per heavy atom. The van der Waals surface area contributed by atoms with Gasteiger partial charge >= 0.3 is 11.8 Å². The number of benzene rings is 3. The number of rotatable bonds is 6. The van der Waals surface area contributed by atoms with Crippen LogP contribution < -0.4 is 14.9 Å². The smallest absolute Gasteiger partial charge is 0.313 e. The Bertz CT molecular complexity index is 1330. The molecule has 4 rings (SSSR count). The first kappa shape index (κ1) is 23.7. The summed E-state index contributed by atoms with van der Waals surface area (Å²) in [5, 5.41) is 17.6. The van der Waals surface area contributed by atoms with Crippen LogP contribution >= 0.6 is 0 Å². The third-order valence-corrected chi connectivity index (χ3v) is 7.09. The van der Waals surface area contributed by atoms with Crippen LogP contribution in [0.2, 0.25) is 0 Å². The Kier molecular flexibility index (Phi) is 6.85. The Labute approximate surface area is 198 Å². The topological polar surface area (TPSA) is 116 Å². The lowest BCUT2D eigenvalue weighted by molar-refractivity contribution is -0.136. The number of sulfonamides is 1. The maximum absolute atomic E-state index is 12.4. The van der Waals surface area contributed by atoms with Gasteiger partial charge in [-0.15, -0.1) is 0 Å². The van der Waals surface area contributed by atoms with E-state index in [4.69, 9.17) is 0 Å². The average Bonchev–Trinajstić information content (AvgIpc) is 2.82. The second kappa shape index (κ2) is 9.82.